The second kappa shape index (κ2) is 6.46. The fourth-order valence-electron chi connectivity index (χ4n) is 3.80. The Hall–Kier alpha value is -1.65. The number of aromatic nitrogens is 2. The number of nitrogens with zero attached hydrogens (tertiary/aromatic N) is 2. The second-order valence-electron chi connectivity index (χ2n) is 7.01. The lowest BCUT2D eigenvalue weighted by molar-refractivity contribution is 0.0514. The van der Waals surface area contributed by atoms with Crippen molar-refractivity contribution in [3.8, 4) is 0 Å². The molecule has 1 aromatic carbocycles. The molecule has 0 spiro atoms. The number of imidazole rings is 1. The molecule has 4 heteroatoms. The minimum absolute atomic E-state index is 0.316. The van der Waals surface area contributed by atoms with Gasteiger partial charge in [0.15, 0.2) is 0 Å². The van der Waals surface area contributed by atoms with Crippen molar-refractivity contribution >= 4 is 0 Å². The second-order valence-corrected chi connectivity index (χ2v) is 7.01. The SMILES string of the molecule is O[C@H](c1ncc[nH]1)C1CCN(Cc2ccccc2C2CC2)CC1. The van der Waals surface area contributed by atoms with Gasteiger partial charge < -0.3 is 10.1 Å². The van der Waals surface area contributed by atoms with Gasteiger partial charge in [0.1, 0.15) is 11.9 Å². The maximum absolute atomic E-state index is 10.4. The molecule has 1 saturated carbocycles. The lowest BCUT2D eigenvalue weighted by Gasteiger charge is -2.34. The van der Waals surface area contributed by atoms with Crippen LogP contribution >= 0.6 is 0 Å². The molecule has 122 valence electrons. The van der Waals surface area contributed by atoms with Crippen LogP contribution in [-0.2, 0) is 6.54 Å². The van der Waals surface area contributed by atoms with Crippen molar-refractivity contribution in [2.24, 2.45) is 5.92 Å². The minimum atomic E-state index is -0.453. The summed E-state index contributed by atoms with van der Waals surface area (Å²) in [6.07, 6.45) is 7.82. The molecular weight excluding hydrogens is 286 g/mol. The smallest absolute Gasteiger partial charge is 0.135 e. The number of nitrogens with one attached hydrogen (secondary N) is 1. The van der Waals surface area contributed by atoms with Crippen molar-refractivity contribution in [3.63, 3.8) is 0 Å². The number of likely N-dealkylation sites (tertiary alicyclic amines) is 1. The van der Waals surface area contributed by atoms with Crippen molar-refractivity contribution in [2.45, 2.75) is 44.2 Å². The van der Waals surface area contributed by atoms with E-state index in [9.17, 15) is 5.11 Å². The number of H-pyrrole nitrogens is 1. The molecule has 0 radical (unpaired) electrons. The van der Waals surface area contributed by atoms with E-state index in [0.717, 1.165) is 38.4 Å². The van der Waals surface area contributed by atoms with Crippen LogP contribution in [0.25, 0.3) is 0 Å². The number of benzene rings is 1. The third kappa shape index (κ3) is 3.33. The molecule has 23 heavy (non-hydrogen) atoms. The molecular formula is C19H25N3O. The third-order valence-electron chi connectivity index (χ3n) is 5.34. The molecule has 1 aromatic heterocycles. The summed E-state index contributed by atoms with van der Waals surface area (Å²) in [5.74, 6) is 1.84. The first kappa shape index (κ1) is 14.9. The van der Waals surface area contributed by atoms with E-state index in [4.69, 9.17) is 0 Å². The number of piperidine rings is 1. The third-order valence-corrected chi connectivity index (χ3v) is 5.34. The van der Waals surface area contributed by atoms with E-state index >= 15 is 0 Å². The van der Waals surface area contributed by atoms with Gasteiger partial charge in [-0.05, 0) is 61.7 Å². The minimum Gasteiger partial charge on any atom is -0.385 e. The van der Waals surface area contributed by atoms with E-state index in [1.54, 1.807) is 18.0 Å². The van der Waals surface area contributed by atoms with Crippen LogP contribution < -0.4 is 0 Å². The van der Waals surface area contributed by atoms with Gasteiger partial charge in [-0.2, -0.15) is 0 Å². The Balaban J connectivity index is 1.35. The maximum atomic E-state index is 10.4. The van der Waals surface area contributed by atoms with Gasteiger partial charge in [0, 0.05) is 18.9 Å². The Morgan fingerprint density at radius 1 is 1.17 bits per heavy atom. The monoisotopic (exact) mass is 311 g/mol. The van der Waals surface area contributed by atoms with Crippen molar-refractivity contribution in [2.75, 3.05) is 13.1 Å². The average Bonchev–Trinajstić information content (AvgIpc) is 3.29. The number of rotatable bonds is 5. The normalized spacial score (nSPS) is 21.4. The average molecular weight is 311 g/mol. The molecule has 2 aliphatic rings. The maximum Gasteiger partial charge on any atom is 0.135 e. The van der Waals surface area contributed by atoms with Crippen LogP contribution in [0.3, 0.4) is 0 Å². The molecule has 4 rings (SSSR count). The molecule has 4 nitrogen and oxygen atoms in total. The van der Waals surface area contributed by atoms with E-state index in [0.29, 0.717) is 11.7 Å². The zero-order valence-electron chi connectivity index (χ0n) is 13.5. The lowest BCUT2D eigenvalue weighted by Crippen LogP contribution is -2.35. The molecule has 2 aromatic rings. The molecule has 1 aliphatic carbocycles. The van der Waals surface area contributed by atoms with Gasteiger partial charge in [0.05, 0.1) is 0 Å². The quantitative estimate of drug-likeness (QED) is 0.891. The molecule has 2 fully saturated rings. The summed E-state index contributed by atoms with van der Waals surface area (Å²) in [4.78, 5) is 9.77. The van der Waals surface area contributed by atoms with Gasteiger partial charge in [-0.1, -0.05) is 24.3 Å². The van der Waals surface area contributed by atoms with Crippen LogP contribution in [0.2, 0.25) is 0 Å². The molecule has 1 aliphatic heterocycles. The molecule has 0 bridgehead atoms. The summed E-state index contributed by atoms with van der Waals surface area (Å²) in [5, 5.41) is 10.4. The van der Waals surface area contributed by atoms with Gasteiger partial charge in [-0.3, -0.25) is 4.90 Å². The Bertz CT molecular complexity index is 628. The molecule has 0 unspecified atom stereocenters. The largest absolute Gasteiger partial charge is 0.385 e. The Kier molecular flexibility index (Phi) is 4.19. The van der Waals surface area contributed by atoms with Crippen molar-refractivity contribution in [1.82, 2.24) is 14.9 Å². The van der Waals surface area contributed by atoms with Gasteiger partial charge in [-0.15, -0.1) is 0 Å². The summed E-state index contributed by atoms with van der Waals surface area (Å²) in [5.41, 5.74) is 3.06. The summed E-state index contributed by atoms with van der Waals surface area (Å²) in [7, 11) is 0. The Morgan fingerprint density at radius 3 is 2.65 bits per heavy atom. The summed E-state index contributed by atoms with van der Waals surface area (Å²) < 4.78 is 0. The van der Waals surface area contributed by atoms with Gasteiger partial charge in [0.25, 0.3) is 0 Å². The van der Waals surface area contributed by atoms with Gasteiger partial charge >= 0.3 is 0 Å². The van der Waals surface area contributed by atoms with Crippen LogP contribution in [0.4, 0.5) is 0 Å². The van der Waals surface area contributed by atoms with Gasteiger partial charge in [-0.25, -0.2) is 4.98 Å². The highest BCUT2D eigenvalue weighted by Crippen LogP contribution is 2.42. The van der Waals surface area contributed by atoms with Gasteiger partial charge in [0.2, 0.25) is 0 Å². The summed E-state index contributed by atoms with van der Waals surface area (Å²) in [6.45, 7) is 3.17. The lowest BCUT2D eigenvalue weighted by atomic mass is 9.90. The fraction of sp³-hybridized carbons (Fsp3) is 0.526. The van der Waals surface area contributed by atoms with Crippen LogP contribution in [0.1, 0.15) is 54.7 Å². The van der Waals surface area contributed by atoms with Crippen LogP contribution in [0.15, 0.2) is 36.7 Å². The van der Waals surface area contributed by atoms with Crippen LogP contribution in [-0.4, -0.2) is 33.1 Å². The summed E-state index contributed by atoms with van der Waals surface area (Å²) in [6, 6.07) is 8.93. The standard InChI is InChI=1S/C19H25N3O/c23-18(19-20-9-10-21-19)15-7-11-22(12-8-15)13-16-3-1-2-4-17(16)14-5-6-14/h1-4,9-10,14-15,18,23H,5-8,11-13H2,(H,20,21)/t18-/m0/s1. The highest BCUT2D eigenvalue weighted by atomic mass is 16.3. The number of aliphatic hydroxyl groups is 1. The first-order chi connectivity index (χ1) is 11.3. The molecule has 0 amide bonds. The number of hydrogen-bond acceptors (Lipinski definition) is 3. The van der Waals surface area contributed by atoms with E-state index in [1.807, 2.05) is 0 Å². The van der Waals surface area contributed by atoms with E-state index in [2.05, 4.69) is 39.1 Å². The number of aromatic amines is 1. The van der Waals surface area contributed by atoms with E-state index in [1.165, 1.54) is 18.4 Å². The topological polar surface area (TPSA) is 52.2 Å². The molecule has 2 heterocycles. The zero-order chi connectivity index (χ0) is 15.6. The zero-order valence-corrected chi connectivity index (χ0v) is 13.5. The Morgan fingerprint density at radius 2 is 1.96 bits per heavy atom. The molecule has 2 N–H and O–H groups in total. The predicted molar refractivity (Wildman–Crippen MR) is 90.0 cm³/mol. The molecule has 1 saturated heterocycles. The fourth-order valence-corrected chi connectivity index (χ4v) is 3.80. The van der Waals surface area contributed by atoms with Crippen LogP contribution in [0.5, 0.6) is 0 Å². The first-order valence-electron chi connectivity index (χ1n) is 8.79. The highest BCUT2D eigenvalue weighted by molar-refractivity contribution is 5.33. The molecule has 1 atom stereocenters. The van der Waals surface area contributed by atoms with E-state index < -0.39 is 6.10 Å². The number of hydrogen-bond donors (Lipinski definition) is 2. The van der Waals surface area contributed by atoms with Crippen molar-refractivity contribution in [1.29, 1.82) is 0 Å². The highest BCUT2D eigenvalue weighted by Gasteiger charge is 2.29. The van der Waals surface area contributed by atoms with E-state index in [-0.39, 0.29) is 0 Å². The summed E-state index contributed by atoms with van der Waals surface area (Å²) >= 11 is 0. The first-order valence-corrected chi connectivity index (χ1v) is 8.79. The predicted octanol–water partition coefficient (Wildman–Crippen LogP) is 3.23. The van der Waals surface area contributed by atoms with Crippen LogP contribution in [0, 0.1) is 5.92 Å². The van der Waals surface area contributed by atoms with Crippen molar-refractivity contribution < 1.29 is 5.11 Å². The van der Waals surface area contributed by atoms with Crippen molar-refractivity contribution in [3.05, 3.63) is 53.6 Å². The number of aliphatic hydroxyl groups excluding tert-OH is 1. The Labute approximate surface area is 137 Å².